The van der Waals surface area contributed by atoms with Crippen LogP contribution in [-0.2, 0) is 35.1 Å². The van der Waals surface area contributed by atoms with E-state index in [4.69, 9.17) is 18.9 Å². The number of carbonyl (C=O) groups excluding carboxylic acids is 5. The molecule has 0 fully saturated rings. The number of nitrogens with one attached hydrogen (secondary N) is 4. The van der Waals surface area contributed by atoms with Gasteiger partial charge in [-0.1, -0.05) is 78.9 Å². The molecule has 4 N–H and O–H groups in total. The van der Waals surface area contributed by atoms with Crippen LogP contribution in [0.25, 0.3) is 11.1 Å². The monoisotopic (exact) mass is 722 g/mol. The topological polar surface area (TPSA) is 170 Å². The summed E-state index contributed by atoms with van der Waals surface area (Å²) in [5.74, 6) is -2.01. The molecule has 4 aromatic carbocycles. The Morgan fingerprint density at radius 1 is 0.736 bits per heavy atom. The summed E-state index contributed by atoms with van der Waals surface area (Å²) in [6, 6.07) is 27.9. The molecule has 0 radical (unpaired) electrons. The third kappa shape index (κ3) is 9.91. The highest BCUT2D eigenvalue weighted by Crippen LogP contribution is 2.44. The smallest absolute Gasteiger partial charge is 0.408 e. The van der Waals surface area contributed by atoms with Crippen LogP contribution in [0.5, 0.6) is 0 Å². The number of fused-ring (bicyclic) bond motifs is 3. The minimum Gasteiger partial charge on any atom is -0.467 e. The van der Waals surface area contributed by atoms with E-state index in [1.807, 2.05) is 78.9 Å². The van der Waals surface area contributed by atoms with E-state index >= 15 is 0 Å². The Morgan fingerprint density at radius 3 is 2.04 bits per heavy atom. The van der Waals surface area contributed by atoms with Crippen LogP contribution in [0.1, 0.15) is 52.7 Å². The van der Waals surface area contributed by atoms with Crippen molar-refractivity contribution in [2.45, 2.75) is 44.4 Å². The van der Waals surface area contributed by atoms with Gasteiger partial charge in [-0.05, 0) is 65.8 Å². The van der Waals surface area contributed by atoms with Crippen LogP contribution < -0.4 is 21.3 Å². The van der Waals surface area contributed by atoms with Gasteiger partial charge in [-0.2, -0.15) is 0 Å². The molecule has 53 heavy (non-hydrogen) atoms. The van der Waals surface area contributed by atoms with Crippen molar-refractivity contribution < 1.29 is 42.9 Å². The van der Waals surface area contributed by atoms with Crippen LogP contribution in [0, 0.1) is 0 Å². The van der Waals surface area contributed by atoms with E-state index in [0.29, 0.717) is 18.7 Å². The average Bonchev–Trinajstić information content (AvgIpc) is 3.50. The lowest BCUT2D eigenvalue weighted by atomic mass is 9.98. The van der Waals surface area contributed by atoms with Crippen molar-refractivity contribution in [1.29, 1.82) is 0 Å². The van der Waals surface area contributed by atoms with E-state index in [9.17, 15) is 24.0 Å². The highest BCUT2D eigenvalue weighted by molar-refractivity contribution is 6.04. The van der Waals surface area contributed by atoms with Gasteiger partial charge in [-0.3, -0.25) is 4.79 Å². The number of ether oxygens (including phenoxy) is 4. The number of hydrogen-bond donors (Lipinski definition) is 4. The molecule has 1 aliphatic rings. The molecule has 0 aliphatic heterocycles. The van der Waals surface area contributed by atoms with Crippen LogP contribution in [0.15, 0.2) is 97.1 Å². The van der Waals surface area contributed by atoms with Crippen molar-refractivity contribution in [2.75, 3.05) is 38.0 Å². The fraction of sp³-hybridized carbons (Fsp3) is 0.275. The fourth-order valence-electron chi connectivity index (χ4n) is 6.00. The summed E-state index contributed by atoms with van der Waals surface area (Å²) in [6.07, 6.45) is -0.826. The molecule has 2 unspecified atom stereocenters. The van der Waals surface area contributed by atoms with E-state index in [1.165, 1.54) is 33.3 Å². The van der Waals surface area contributed by atoms with Gasteiger partial charge in [-0.25, -0.2) is 19.2 Å². The van der Waals surface area contributed by atoms with Crippen molar-refractivity contribution in [3.63, 3.8) is 0 Å². The summed E-state index contributed by atoms with van der Waals surface area (Å²) < 4.78 is 20.6. The molecule has 0 saturated carbocycles. The van der Waals surface area contributed by atoms with E-state index < -0.39 is 42.1 Å². The number of alkyl carbamates (subject to hydrolysis) is 2. The maximum atomic E-state index is 13.1. The molecule has 13 nitrogen and oxygen atoms in total. The zero-order valence-electron chi connectivity index (χ0n) is 29.7. The lowest BCUT2D eigenvalue weighted by molar-refractivity contribution is -0.143. The molecule has 0 saturated heterocycles. The first kappa shape index (κ1) is 37.9. The first-order valence-corrected chi connectivity index (χ1v) is 17.1. The molecule has 0 spiro atoms. The van der Waals surface area contributed by atoms with Gasteiger partial charge in [0.15, 0.2) is 0 Å². The third-order valence-electron chi connectivity index (χ3n) is 8.74. The normalized spacial score (nSPS) is 12.6. The molecular weight excluding hydrogens is 680 g/mol. The summed E-state index contributed by atoms with van der Waals surface area (Å²) in [5, 5.41) is 10.9. The SMILES string of the molecule is COC(=O)c1cc(NCCCC(NC(=O)OCc2ccccc2)C(=O)OC)ccc1NC(=O)C(C)NC(=O)OCC1c2ccccc2-c2ccccc21. The molecule has 3 amide bonds. The molecule has 5 rings (SSSR count). The zero-order valence-corrected chi connectivity index (χ0v) is 29.7. The van der Waals surface area contributed by atoms with Gasteiger partial charge < -0.3 is 40.2 Å². The predicted octanol–water partition coefficient (Wildman–Crippen LogP) is 6.00. The molecule has 0 aromatic heterocycles. The Bertz CT molecular complexity index is 1890. The summed E-state index contributed by atoms with van der Waals surface area (Å²) in [6.45, 7) is 2.01. The molecule has 2 atom stereocenters. The summed E-state index contributed by atoms with van der Waals surface area (Å²) >= 11 is 0. The maximum Gasteiger partial charge on any atom is 0.408 e. The number of hydrogen-bond acceptors (Lipinski definition) is 10. The lowest BCUT2D eigenvalue weighted by Gasteiger charge is -2.18. The zero-order chi connectivity index (χ0) is 37.7. The summed E-state index contributed by atoms with van der Waals surface area (Å²) in [5.41, 5.74) is 5.94. The Morgan fingerprint density at radius 2 is 1.38 bits per heavy atom. The maximum absolute atomic E-state index is 13.1. The number of benzene rings is 4. The Kier molecular flexibility index (Phi) is 13.0. The number of anilines is 2. The van der Waals surface area contributed by atoms with Crippen LogP contribution in [0.2, 0.25) is 0 Å². The van der Waals surface area contributed by atoms with Gasteiger partial charge in [0.2, 0.25) is 5.91 Å². The van der Waals surface area contributed by atoms with Crippen molar-refractivity contribution in [1.82, 2.24) is 10.6 Å². The number of amides is 3. The summed E-state index contributed by atoms with van der Waals surface area (Å²) in [4.78, 5) is 63.2. The number of carbonyl (C=O) groups is 5. The second-order valence-corrected chi connectivity index (χ2v) is 12.3. The molecule has 276 valence electrons. The van der Waals surface area contributed by atoms with Gasteiger partial charge in [0.1, 0.15) is 25.3 Å². The van der Waals surface area contributed by atoms with Gasteiger partial charge in [0.05, 0.1) is 25.5 Å². The van der Waals surface area contributed by atoms with Crippen LogP contribution >= 0.6 is 0 Å². The van der Waals surface area contributed by atoms with Crippen LogP contribution in [0.3, 0.4) is 0 Å². The Hall–Kier alpha value is -6.37. The Balaban J connectivity index is 1.11. The van der Waals surface area contributed by atoms with E-state index in [2.05, 4.69) is 21.3 Å². The number of methoxy groups -OCH3 is 2. The standard InChI is InChI=1S/C40H42N4O9/c1-25(42-39(48)53-24-33-30-16-9-7-14-28(30)29-15-8-10-17-31(29)33)36(45)43-34-20-19-27(22-32(34)37(46)50-2)41-21-11-18-35(38(47)51-3)44-40(49)52-23-26-12-5-4-6-13-26/h4-10,12-17,19-20,22,25,33,35,41H,11,18,21,23-24H2,1-3H3,(H,42,48)(H,43,45)(H,44,49). The van der Waals surface area contributed by atoms with Crippen molar-refractivity contribution in [3.8, 4) is 11.1 Å². The second kappa shape index (κ2) is 18.2. The van der Waals surface area contributed by atoms with Gasteiger partial charge in [0.25, 0.3) is 0 Å². The van der Waals surface area contributed by atoms with E-state index in [0.717, 1.165) is 27.8 Å². The average molecular weight is 723 g/mol. The van der Waals surface area contributed by atoms with E-state index in [-0.39, 0.29) is 36.8 Å². The number of rotatable bonds is 15. The van der Waals surface area contributed by atoms with Gasteiger partial charge in [-0.15, -0.1) is 0 Å². The van der Waals surface area contributed by atoms with Crippen LogP contribution in [0.4, 0.5) is 21.0 Å². The first-order valence-electron chi connectivity index (χ1n) is 17.1. The minimum absolute atomic E-state index is 0.0507. The molecular formula is C40H42N4O9. The second-order valence-electron chi connectivity index (χ2n) is 12.3. The largest absolute Gasteiger partial charge is 0.467 e. The molecule has 0 heterocycles. The van der Waals surface area contributed by atoms with Gasteiger partial charge in [0, 0.05) is 18.2 Å². The quantitative estimate of drug-likeness (QED) is 0.0649. The minimum atomic E-state index is -0.999. The highest BCUT2D eigenvalue weighted by Gasteiger charge is 2.30. The highest BCUT2D eigenvalue weighted by atomic mass is 16.6. The van der Waals surface area contributed by atoms with Gasteiger partial charge >= 0.3 is 24.1 Å². The predicted molar refractivity (Wildman–Crippen MR) is 197 cm³/mol. The van der Waals surface area contributed by atoms with Crippen molar-refractivity contribution >= 4 is 41.4 Å². The Labute approximate surface area is 307 Å². The molecule has 1 aliphatic carbocycles. The molecule has 0 bridgehead atoms. The van der Waals surface area contributed by atoms with E-state index in [1.54, 1.807) is 6.07 Å². The molecule has 13 heteroatoms. The molecule has 4 aromatic rings. The first-order chi connectivity index (χ1) is 25.7. The third-order valence-corrected chi connectivity index (χ3v) is 8.74. The fourth-order valence-corrected chi connectivity index (χ4v) is 6.00. The van der Waals surface area contributed by atoms with Crippen LogP contribution in [-0.4, -0.2) is 69.5 Å². The van der Waals surface area contributed by atoms with Crippen molar-refractivity contribution in [3.05, 3.63) is 119 Å². The van der Waals surface area contributed by atoms with Crippen molar-refractivity contribution in [2.24, 2.45) is 0 Å². The lowest BCUT2D eigenvalue weighted by Crippen LogP contribution is -2.42. The number of esters is 2. The summed E-state index contributed by atoms with van der Waals surface area (Å²) in [7, 11) is 2.46.